The Morgan fingerprint density at radius 2 is 1.47 bits per heavy atom. The Bertz CT molecular complexity index is 960. The summed E-state index contributed by atoms with van der Waals surface area (Å²) in [5.74, 6) is 1.59. The molecule has 0 aliphatic carbocycles. The van der Waals surface area contributed by atoms with E-state index in [0.717, 1.165) is 36.7 Å². The minimum atomic E-state index is 0.548. The van der Waals surface area contributed by atoms with E-state index in [0.29, 0.717) is 6.61 Å². The van der Waals surface area contributed by atoms with Crippen LogP contribution in [0.4, 0.5) is 0 Å². The zero-order valence-corrected chi connectivity index (χ0v) is 22.2. The van der Waals surface area contributed by atoms with Gasteiger partial charge in [-0.15, -0.1) is 0 Å². The average molecular weight is 491 g/mol. The van der Waals surface area contributed by atoms with Gasteiger partial charge in [0.15, 0.2) is 11.5 Å². The van der Waals surface area contributed by atoms with Gasteiger partial charge >= 0.3 is 0 Å². The molecule has 36 heavy (non-hydrogen) atoms. The van der Waals surface area contributed by atoms with E-state index in [1.54, 1.807) is 7.11 Å². The number of likely N-dealkylation sites (tertiary alicyclic amines) is 1. The molecule has 0 atom stereocenters. The van der Waals surface area contributed by atoms with Gasteiger partial charge in [-0.1, -0.05) is 78.7 Å². The SMILES string of the molecule is C=O.COc1cc(CN(C)CCN2CCCCC2)ccc1OCc1ccccc1.Cc1ccccc1. The molecule has 0 radical (unpaired) electrons. The minimum Gasteiger partial charge on any atom is -0.493 e. The fraction of sp³-hybridized carbons (Fsp3) is 0.387. The van der Waals surface area contributed by atoms with Crippen molar-refractivity contribution in [3.8, 4) is 11.5 Å². The maximum atomic E-state index is 8.00. The number of hydrogen-bond donors (Lipinski definition) is 0. The van der Waals surface area contributed by atoms with Crippen molar-refractivity contribution in [2.45, 2.75) is 39.3 Å². The van der Waals surface area contributed by atoms with Gasteiger partial charge in [0.2, 0.25) is 0 Å². The number of nitrogens with zero attached hydrogens (tertiary/aromatic N) is 2. The van der Waals surface area contributed by atoms with E-state index >= 15 is 0 Å². The normalized spacial score (nSPS) is 13.1. The van der Waals surface area contributed by atoms with Crippen molar-refractivity contribution in [3.05, 3.63) is 95.6 Å². The number of aryl methyl sites for hydroxylation is 1. The summed E-state index contributed by atoms with van der Waals surface area (Å²) in [6.45, 7) is 10.3. The third kappa shape index (κ3) is 11.1. The molecule has 1 heterocycles. The predicted octanol–water partition coefficient (Wildman–Crippen LogP) is 6.00. The van der Waals surface area contributed by atoms with Gasteiger partial charge in [-0.2, -0.15) is 0 Å². The zero-order valence-electron chi connectivity index (χ0n) is 22.2. The summed E-state index contributed by atoms with van der Waals surface area (Å²) in [6, 6.07) is 26.7. The largest absolute Gasteiger partial charge is 0.493 e. The summed E-state index contributed by atoms with van der Waals surface area (Å²) < 4.78 is 11.5. The molecule has 0 unspecified atom stereocenters. The molecule has 4 rings (SSSR count). The number of piperidine rings is 1. The lowest BCUT2D eigenvalue weighted by Gasteiger charge is -2.28. The summed E-state index contributed by atoms with van der Waals surface area (Å²) in [7, 11) is 3.89. The van der Waals surface area contributed by atoms with Crippen molar-refractivity contribution in [2.24, 2.45) is 0 Å². The monoisotopic (exact) mass is 490 g/mol. The molecule has 5 nitrogen and oxygen atoms in total. The van der Waals surface area contributed by atoms with Gasteiger partial charge < -0.3 is 24.1 Å². The molecular formula is C31H42N2O3. The first kappa shape index (κ1) is 29.1. The van der Waals surface area contributed by atoms with Crippen molar-refractivity contribution < 1.29 is 14.3 Å². The second kappa shape index (κ2) is 17.3. The Morgan fingerprint density at radius 3 is 2.06 bits per heavy atom. The second-order valence-electron chi connectivity index (χ2n) is 9.05. The van der Waals surface area contributed by atoms with E-state index in [-0.39, 0.29) is 0 Å². The molecular weight excluding hydrogens is 448 g/mol. The van der Waals surface area contributed by atoms with Gasteiger partial charge in [0.1, 0.15) is 13.4 Å². The maximum Gasteiger partial charge on any atom is 0.161 e. The number of carbonyl (C=O) groups is 1. The number of ether oxygens (including phenoxy) is 2. The molecule has 0 bridgehead atoms. The number of hydrogen-bond acceptors (Lipinski definition) is 5. The molecule has 194 valence electrons. The molecule has 0 spiro atoms. The lowest BCUT2D eigenvalue weighted by atomic mass is 10.1. The molecule has 1 aliphatic heterocycles. The van der Waals surface area contributed by atoms with Crippen molar-refractivity contribution >= 4 is 6.79 Å². The lowest BCUT2D eigenvalue weighted by Crippen LogP contribution is -2.36. The van der Waals surface area contributed by atoms with Crippen LogP contribution in [0.3, 0.4) is 0 Å². The number of carbonyl (C=O) groups excluding carboxylic acids is 1. The average Bonchev–Trinajstić information content (AvgIpc) is 2.94. The maximum absolute atomic E-state index is 8.00. The van der Waals surface area contributed by atoms with Crippen LogP contribution < -0.4 is 9.47 Å². The van der Waals surface area contributed by atoms with Crippen LogP contribution in [-0.4, -0.2) is 56.9 Å². The quantitative estimate of drug-likeness (QED) is 0.368. The van der Waals surface area contributed by atoms with Gasteiger partial charge in [-0.3, -0.25) is 0 Å². The number of benzene rings is 3. The Labute approximate surface area is 217 Å². The summed E-state index contributed by atoms with van der Waals surface area (Å²) in [5.41, 5.74) is 3.73. The van der Waals surface area contributed by atoms with Crippen molar-refractivity contribution in [1.82, 2.24) is 9.80 Å². The third-order valence-corrected chi connectivity index (χ3v) is 6.10. The van der Waals surface area contributed by atoms with Gasteiger partial charge in [0, 0.05) is 19.6 Å². The van der Waals surface area contributed by atoms with Gasteiger partial charge in [0.25, 0.3) is 0 Å². The highest BCUT2D eigenvalue weighted by atomic mass is 16.5. The fourth-order valence-electron chi connectivity index (χ4n) is 4.09. The highest BCUT2D eigenvalue weighted by molar-refractivity contribution is 5.43. The molecule has 3 aromatic rings. The summed E-state index contributed by atoms with van der Waals surface area (Å²) >= 11 is 0. The summed E-state index contributed by atoms with van der Waals surface area (Å²) in [4.78, 5) is 13.0. The Hall–Kier alpha value is -3.15. The third-order valence-electron chi connectivity index (χ3n) is 6.10. The van der Waals surface area contributed by atoms with E-state index < -0.39 is 0 Å². The van der Waals surface area contributed by atoms with Crippen LogP contribution in [0.15, 0.2) is 78.9 Å². The van der Waals surface area contributed by atoms with Gasteiger partial charge in [0.05, 0.1) is 7.11 Å². The van der Waals surface area contributed by atoms with Crippen LogP contribution >= 0.6 is 0 Å². The Morgan fingerprint density at radius 1 is 0.833 bits per heavy atom. The molecule has 0 N–H and O–H groups in total. The molecule has 0 aromatic heterocycles. The van der Waals surface area contributed by atoms with Crippen LogP contribution in [0.2, 0.25) is 0 Å². The Kier molecular flexibility index (Phi) is 14.0. The van der Waals surface area contributed by atoms with Crippen LogP contribution in [-0.2, 0) is 17.9 Å². The fourth-order valence-corrected chi connectivity index (χ4v) is 4.09. The van der Waals surface area contributed by atoms with Crippen molar-refractivity contribution in [2.75, 3.05) is 40.3 Å². The number of likely N-dealkylation sites (N-methyl/N-ethyl adjacent to an activating group) is 1. The lowest BCUT2D eigenvalue weighted by molar-refractivity contribution is -0.0979. The first-order valence-corrected chi connectivity index (χ1v) is 12.7. The molecule has 1 fully saturated rings. The highest BCUT2D eigenvalue weighted by Gasteiger charge is 2.12. The van der Waals surface area contributed by atoms with Crippen molar-refractivity contribution in [1.29, 1.82) is 0 Å². The van der Waals surface area contributed by atoms with E-state index in [4.69, 9.17) is 14.3 Å². The van der Waals surface area contributed by atoms with Crippen LogP contribution in [0.1, 0.15) is 36.0 Å². The minimum absolute atomic E-state index is 0.548. The predicted molar refractivity (Wildman–Crippen MR) is 149 cm³/mol. The molecule has 5 heteroatoms. The summed E-state index contributed by atoms with van der Waals surface area (Å²) in [5, 5.41) is 0. The topological polar surface area (TPSA) is 42.0 Å². The van der Waals surface area contributed by atoms with E-state index in [1.165, 1.54) is 43.5 Å². The van der Waals surface area contributed by atoms with Crippen LogP contribution in [0, 0.1) is 6.92 Å². The smallest absolute Gasteiger partial charge is 0.161 e. The summed E-state index contributed by atoms with van der Waals surface area (Å²) in [6.07, 6.45) is 4.10. The number of methoxy groups -OCH3 is 1. The molecule has 1 aliphatic rings. The Balaban J connectivity index is 0.000000431. The zero-order chi connectivity index (χ0) is 26.0. The second-order valence-corrected chi connectivity index (χ2v) is 9.05. The van der Waals surface area contributed by atoms with E-state index in [1.807, 2.05) is 49.3 Å². The van der Waals surface area contributed by atoms with Crippen LogP contribution in [0.25, 0.3) is 0 Å². The highest BCUT2D eigenvalue weighted by Crippen LogP contribution is 2.29. The van der Waals surface area contributed by atoms with Crippen LogP contribution in [0.5, 0.6) is 11.5 Å². The first-order chi connectivity index (χ1) is 17.6. The molecule has 0 amide bonds. The van der Waals surface area contributed by atoms with Gasteiger partial charge in [-0.25, -0.2) is 0 Å². The van der Waals surface area contributed by atoms with E-state index in [9.17, 15) is 0 Å². The molecule has 3 aromatic carbocycles. The van der Waals surface area contributed by atoms with Gasteiger partial charge in [-0.05, 0) is 63.2 Å². The number of rotatable bonds is 9. The first-order valence-electron chi connectivity index (χ1n) is 12.7. The van der Waals surface area contributed by atoms with Crippen molar-refractivity contribution in [3.63, 3.8) is 0 Å². The molecule has 0 saturated carbocycles. The van der Waals surface area contributed by atoms with E-state index in [2.05, 4.69) is 60.2 Å². The molecule has 1 saturated heterocycles. The standard InChI is InChI=1S/C23H32N2O2.C7H8.CH2O/c1-24(15-16-25-13-7-4-8-14-25)18-21-11-12-22(23(17-21)26-2)27-19-20-9-5-3-6-10-20;1-7-5-3-2-4-6-7;1-2/h3,5-6,9-12,17H,4,7-8,13-16,18-19H2,1-2H3;2-6H,1H3;1H2.